The zero-order chi connectivity index (χ0) is 19.3. The summed E-state index contributed by atoms with van der Waals surface area (Å²) in [6.07, 6.45) is 0. The summed E-state index contributed by atoms with van der Waals surface area (Å²) in [6.45, 7) is 0. The second kappa shape index (κ2) is 6.48. The Hall–Kier alpha value is -3.15. The number of H-pyrrole nitrogens is 1. The lowest BCUT2D eigenvalue weighted by atomic mass is 10.1. The van der Waals surface area contributed by atoms with E-state index >= 15 is 0 Å². The van der Waals surface area contributed by atoms with Crippen molar-refractivity contribution < 1.29 is 0 Å². The van der Waals surface area contributed by atoms with Gasteiger partial charge in [-0.05, 0) is 23.6 Å². The quantitative estimate of drug-likeness (QED) is 0.439. The van der Waals surface area contributed by atoms with Gasteiger partial charge in [-0.1, -0.05) is 66.2 Å². The zero-order valence-electron chi connectivity index (χ0n) is 14.5. The number of thiophene rings is 1. The van der Waals surface area contributed by atoms with E-state index in [9.17, 15) is 9.59 Å². The molecule has 0 aliphatic carbocycles. The Labute approximate surface area is 168 Å². The molecule has 136 valence electrons. The topological polar surface area (TPSA) is 54.9 Å². The van der Waals surface area contributed by atoms with Crippen LogP contribution in [0.3, 0.4) is 0 Å². The summed E-state index contributed by atoms with van der Waals surface area (Å²) in [6, 6.07) is 22.5. The summed E-state index contributed by atoms with van der Waals surface area (Å²) in [7, 11) is 0. The van der Waals surface area contributed by atoms with Gasteiger partial charge in [0, 0.05) is 20.8 Å². The van der Waals surface area contributed by atoms with E-state index in [4.69, 9.17) is 11.6 Å². The number of hydrogen-bond donors (Lipinski definition) is 1. The molecule has 0 bridgehead atoms. The third-order valence-corrected chi connectivity index (χ3v) is 6.21. The molecular weight excluding hydrogens is 392 g/mol. The molecule has 0 atom stereocenters. The molecule has 5 aromatic rings. The average molecular weight is 405 g/mol. The lowest BCUT2D eigenvalue weighted by molar-refractivity contribution is 0.911. The van der Waals surface area contributed by atoms with Crippen LogP contribution in [-0.4, -0.2) is 9.55 Å². The molecule has 3 aromatic carbocycles. The molecule has 0 saturated heterocycles. The van der Waals surface area contributed by atoms with Crippen molar-refractivity contribution in [1.29, 1.82) is 0 Å². The number of rotatable bonds is 2. The van der Waals surface area contributed by atoms with Crippen LogP contribution in [0.25, 0.3) is 37.1 Å². The minimum Gasteiger partial charge on any atom is -0.306 e. The second-order valence-corrected chi connectivity index (χ2v) is 7.86. The Morgan fingerprint density at radius 2 is 1.64 bits per heavy atom. The molecule has 0 fully saturated rings. The first-order valence-electron chi connectivity index (χ1n) is 8.65. The Kier molecular flexibility index (Phi) is 3.93. The van der Waals surface area contributed by atoms with Gasteiger partial charge in [-0.15, -0.1) is 11.3 Å². The molecule has 0 saturated carbocycles. The van der Waals surface area contributed by atoms with Gasteiger partial charge in [0.1, 0.15) is 4.70 Å². The Bertz CT molecular complexity index is 1470. The van der Waals surface area contributed by atoms with Crippen LogP contribution in [0, 0.1) is 0 Å². The predicted octanol–water partition coefficient (Wildman–Crippen LogP) is 5.21. The van der Waals surface area contributed by atoms with Crippen LogP contribution < -0.4 is 11.2 Å². The highest BCUT2D eigenvalue weighted by atomic mass is 35.5. The lowest BCUT2D eigenvalue weighted by Crippen LogP contribution is -2.33. The van der Waals surface area contributed by atoms with E-state index in [1.54, 1.807) is 18.2 Å². The molecule has 0 unspecified atom stereocenters. The molecule has 1 N–H and O–H groups in total. The van der Waals surface area contributed by atoms with E-state index in [-0.39, 0.29) is 5.56 Å². The molecule has 0 aliphatic heterocycles. The van der Waals surface area contributed by atoms with Gasteiger partial charge in [-0.3, -0.25) is 4.79 Å². The summed E-state index contributed by atoms with van der Waals surface area (Å²) in [4.78, 5) is 29.7. The summed E-state index contributed by atoms with van der Waals surface area (Å²) >= 11 is 7.63. The highest BCUT2D eigenvalue weighted by Gasteiger charge is 2.16. The average Bonchev–Trinajstić information content (AvgIpc) is 3.12. The molecule has 6 heteroatoms. The van der Waals surface area contributed by atoms with Gasteiger partial charge >= 0.3 is 5.69 Å². The van der Waals surface area contributed by atoms with Crippen LogP contribution in [0.1, 0.15) is 0 Å². The third-order valence-electron chi connectivity index (χ3n) is 4.72. The molecule has 5 rings (SSSR count). The number of nitrogens with one attached hydrogen (secondary N) is 1. The largest absolute Gasteiger partial charge is 0.333 e. The van der Waals surface area contributed by atoms with Gasteiger partial charge in [-0.2, -0.15) is 0 Å². The van der Waals surface area contributed by atoms with Crippen molar-refractivity contribution in [3.63, 3.8) is 0 Å². The maximum absolute atomic E-state index is 13.2. The highest BCUT2D eigenvalue weighted by Crippen LogP contribution is 2.35. The normalized spacial score (nSPS) is 11.3. The van der Waals surface area contributed by atoms with E-state index in [1.807, 2.05) is 54.6 Å². The van der Waals surface area contributed by atoms with Crippen molar-refractivity contribution >= 4 is 43.9 Å². The highest BCUT2D eigenvalue weighted by molar-refractivity contribution is 7.22. The van der Waals surface area contributed by atoms with E-state index in [0.29, 0.717) is 20.9 Å². The number of benzene rings is 3. The molecule has 0 radical (unpaired) electrons. The first-order valence-corrected chi connectivity index (χ1v) is 9.85. The lowest BCUT2D eigenvalue weighted by Gasteiger charge is -2.08. The molecule has 28 heavy (non-hydrogen) atoms. The monoisotopic (exact) mass is 404 g/mol. The van der Waals surface area contributed by atoms with Crippen LogP contribution in [0.4, 0.5) is 0 Å². The first-order chi connectivity index (χ1) is 13.6. The Morgan fingerprint density at radius 1 is 0.893 bits per heavy atom. The van der Waals surface area contributed by atoms with Gasteiger partial charge in [0.05, 0.1) is 11.2 Å². The summed E-state index contributed by atoms with van der Waals surface area (Å²) in [5.41, 5.74) is 1.13. The van der Waals surface area contributed by atoms with Crippen LogP contribution in [0.2, 0.25) is 5.02 Å². The number of fused-ring (bicyclic) bond motifs is 2. The number of hydrogen-bond acceptors (Lipinski definition) is 3. The van der Waals surface area contributed by atoms with Crippen molar-refractivity contribution in [1.82, 2.24) is 9.55 Å². The number of aromatic nitrogens is 2. The fraction of sp³-hybridized carbons (Fsp3) is 0. The molecule has 0 aliphatic rings. The molecular formula is C22H13ClN2O2S. The molecule has 4 nitrogen and oxygen atoms in total. The summed E-state index contributed by atoms with van der Waals surface area (Å²) in [5, 5.41) is 2.42. The predicted molar refractivity (Wildman–Crippen MR) is 116 cm³/mol. The Balaban J connectivity index is 1.81. The van der Waals surface area contributed by atoms with Gasteiger partial charge < -0.3 is 4.98 Å². The maximum Gasteiger partial charge on any atom is 0.333 e. The number of aromatic amines is 1. The van der Waals surface area contributed by atoms with Crippen molar-refractivity contribution in [3.05, 3.63) is 98.7 Å². The molecule has 2 heterocycles. The molecule has 0 amide bonds. The van der Waals surface area contributed by atoms with E-state index in [1.165, 1.54) is 15.9 Å². The van der Waals surface area contributed by atoms with Gasteiger partial charge in [0.2, 0.25) is 0 Å². The first kappa shape index (κ1) is 17.0. The van der Waals surface area contributed by atoms with Crippen LogP contribution in [-0.2, 0) is 0 Å². The van der Waals surface area contributed by atoms with Gasteiger partial charge in [0.15, 0.2) is 0 Å². The SMILES string of the molecule is O=c1[nH]c2cc(-c3ccccc3Cl)sc2c(=O)n1-c1cccc2ccccc12. The van der Waals surface area contributed by atoms with E-state index in [0.717, 1.165) is 21.2 Å². The van der Waals surface area contributed by atoms with Gasteiger partial charge in [0.25, 0.3) is 5.56 Å². The fourth-order valence-corrected chi connectivity index (χ4v) is 4.80. The minimum atomic E-state index is -0.461. The van der Waals surface area contributed by atoms with Crippen LogP contribution >= 0.6 is 22.9 Å². The number of halogens is 1. The molecule has 0 spiro atoms. The van der Waals surface area contributed by atoms with E-state index < -0.39 is 5.69 Å². The van der Waals surface area contributed by atoms with Crippen molar-refractivity contribution in [2.45, 2.75) is 0 Å². The smallest absolute Gasteiger partial charge is 0.306 e. The van der Waals surface area contributed by atoms with Crippen molar-refractivity contribution in [2.24, 2.45) is 0 Å². The molecule has 2 aromatic heterocycles. The number of nitrogens with zero attached hydrogens (tertiary/aromatic N) is 1. The van der Waals surface area contributed by atoms with Crippen molar-refractivity contribution in [2.75, 3.05) is 0 Å². The summed E-state index contributed by atoms with van der Waals surface area (Å²) in [5.74, 6) is 0. The fourth-order valence-electron chi connectivity index (χ4n) is 3.42. The minimum absolute atomic E-state index is 0.335. The van der Waals surface area contributed by atoms with Crippen LogP contribution in [0.15, 0.2) is 82.4 Å². The van der Waals surface area contributed by atoms with Crippen LogP contribution in [0.5, 0.6) is 0 Å². The second-order valence-electron chi connectivity index (χ2n) is 6.40. The summed E-state index contributed by atoms with van der Waals surface area (Å²) < 4.78 is 1.69. The van der Waals surface area contributed by atoms with Crippen molar-refractivity contribution in [3.8, 4) is 16.1 Å². The maximum atomic E-state index is 13.2. The standard InChI is InChI=1S/C22H13ClN2O2S/c23-16-10-4-3-9-15(16)19-12-17-20(28-19)21(26)25(22(27)24-17)18-11-5-7-13-6-1-2-8-14(13)18/h1-12H,(H,24,27). The zero-order valence-corrected chi connectivity index (χ0v) is 16.1. The van der Waals surface area contributed by atoms with E-state index in [2.05, 4.69) is 4.98 Å². The third kappa shape index (κ3) is 2.59. The van der Waals surface area contributed by atoms with Gasteiger partial charge in [-0.25, -0.2) is 9.36 Å². The Morgan fingerprint density at radius 3 is 2.50 bits per heavy atom.